The van der Waals surface area contributed by atoms with Gasteiger partial charge < -0.3 is 85.7 Å². The number of pyridine rings is 5. The second kappa shape index (κ2) is 45.3. The van der Waals surface area contributed by atoms with Gasteiger partial charge in [0.05, 0.1) is 85.7 Å². The first-order valence-electron chi connectivity index (χ1n) is 42.7. The van der Waals surface area contributed by atoms with Crippen LogP contribution in [0.2, 0.25) is 0 Å². The molecule has 9 N–H and O–H groups in total. The Kier molecular flexibility index (Phi) is 33.4. The highest BCUT2D eigenvalue weighted by Gasteiger charge is 2.23. The summed E-state index contributed by atoms with van der Waals surface area (Å²) in [7, 11) is 1.46. The number of ether oxygens (including phenoxy) is 6. The number of aliphatic hydroxyl groups is 2. The summed E-state index contributed by atoms with van der Waals surface area (Å²) in [6, 6.07) is 44.9. The molecule has 5 aromatic carbocycles. The monoisotopic (exact) mass is 1820 g/mol. The first-order chi connectivity index (χ1) is 63.3. The van der Waals surface area contributed by atoms with Crippen molar-refractivity contribution in [3.63, 3.8) is 0 Å². The Morgan fingerprint density at radius 1 is 0.417 bits per heavy atom. The molecule has 694 valence electrons. The molecule has 0 spiro atoms. The van der Waals surface area contributed by atoms with E-state index in [0.717, 1.165) is 56.7 Å². The second-order valence-electron chi connectivity index (χ2n) is 30.7. The Bertz CT molecular complexity index is 6640. The van der Waals surface area contributed by atoms with Crippen molar-refractivity contribution in [2.24, 2.45) is 0 Å². The van der Waals surface area contributed by atoms with E-state index in [4.69, 9.17) is 33.5 Å². The van der Waals surface area contributed by atoms with E-state index in [2.05, 4.69) is 87.6 Å². The fraction of sp³-hybridized carbons (Fsp3) is 0.312. The topological polar surface area (TPSA) is 440 Å². The highest BCUT2D eigenvalue weighted by atomic mass is 32.2. The van der Waals surface area contributed by atoms with Crippen molar-refractivity contribution in [3.05, 3.63) is 233 Å². The van der Waals surface area contributed by atoms with Crippen molar-refractivity contribution < 1.29 is 66.2 Å². The quantitative estimate of drug-likeness (QED) is 0.0184. The van der Waals surface area contributed by atoms with E-state index in [1.54, 1.807) is 128 Å². The van der Waals surface area contributed by atoms with Crippen molar-refractivity contribution in [1.82, 2.24) is 93.4 Å². The molecule has 132 heavy (non-hydrogen) atoms. The average Bonchev–Trinajstić information content (AvgIpc) is 1.56. The summed E-state index contributed by atoms with van der Waals surface area (Å²) < 4.78 is 64.9. The summed E-state index contributed by atoms with van der Waals surface area (Å²) in [5, 5.41) is 62.0. The van der Waals surface area contributed by atoms with E-state index in [1.807, 2.05) is 174 Å². The number of hydrogen-bond acceptors (Lipinski definition) is 29. The number of rotatable bonds is 33. The fourth-order valence-electron chi connectivity index (χ4n) is 12.9. The number of fused-ring (bicyclic) bond motifs is 5. The molecule has 0 saturated carbocycles. The Balaban J connectivity index is 0.000000159. The number of methoxy groups -OCH3 is 2. The molecule has 4 amide bonds. The number of aryl methyl sites for hydroxylation is 5. The molecule has 0 unspecified atom stereocenters. The molecule has 0 fully saturated rings. The summed E-state index contributed by atoms with van der Waals surface area (Å²) in [5.41, 5.74) is 13.5. The summed E-state index contributed by atoms with van der Waals surface area (Å²) in [5.74, 6) is 4.20. The number of hydrogen-bond donors (Lipinski definition) is 9. The second-order valence-corrected chi connectivity index (χ2v) is 32.8. The number of aliphatic hydroxyl groups excluding tert-OH is 1. The number of benzene rings is 5. The summed E-state index contributed by atoms with van der Waals surface area (Å²) in [4.78, 5) is 75.2. The van der Waals surface area contributed by atoms with Crippen molar-refractivity contribution >= 4 is 120 Å². The van der Waals surface area contributed by atoms with Gasteiger partial charge in [-0.15, -0.1) is 25.5 Å². The van der Waals surface area contributed by atoms with Crippen molar-refractivity contribution in [3.8, 4) is 28.7 Å². The van der Waals surface area contributed by atoms with Crippen LogP contribution >= 0.6 is 0 Å². The molecule has 0 bridgehead atoms. The third-order valence-electron chi connectivity index (χ3n) is 19.4. The van der Waals surface area contributed by atoms with Crippen LogP contribution in [0.25, 0.3) is 28.2 Å². The number of anilines is 10. The maximum atomic E-state index is 12.8. The Morgan fingerprint density at radius 3 is 1.02 bits per heavy atom. The van der Waals surface area contributed by atoms with Crippen LogP contribution in [0.3, 0.4) is 0 Å². The first-order valence-corrected chi connectivity index (χ1v) is 44.6. The van der Waals surface area contributed by atoms with Crippen LogP contribution in [0.1, 0.15) is 125 Å². The van der Waals surface area contributed by atoms with Gasteiger partial charge in [0.15, 0.2) is 38.1 Å². The fourth-order valence-corrected chi connectivity index (χ4v) is 13.5. The van der Waals surface area contributed by atoms with Crippen LogP contribution < -0.4 is 60.9 Å². The van der Waals surface area contributed by atoms with Crippen LogP contribution in [0.15, 0.2) is 188 Å². The third kappa shape index (κ3) is 26.6. The van der Waals surface area contributed by atoms with Crippen LogP contribution in [0.4, 0.5) is 58.2 Å². The molecule has 15 rings (SSSR count). The summed E-state index contributed by atoms with van der Waals surface area (Å²) in [6.07, 6.45) is 10.6. The highest BCUT2D eigenvalue weighted by Crippen LogP contribution is 2.35. The zero-order valence-electron chi connectivity index (χ0n) is 76.9. The molecule has 0 aliphatic carbocycles. The number of carbonyl (C=O) groups is 4. The molecule has 0 atom stereocenters. The largest absolute Gasteiger partial charge is 0.495 e. The molecule has 0 aliphatic heterocycles. The predicted octanol–water partition coefficient (Wildman–Crippen LogP) is 13.3. The number of sulfone groups is 1. The van der Waals surface area contributed by atoms with E-state index in [9.17, 15) is 32.7 Å². The van der Waals surface area contributed by atoms with Crippen LogP contribution in [0.5, 0.6) is 28.7 Å². The minimum absolute atomic E-state index is 0.0571. The van der Waals surface area contributed by atoms with E-state index in [0.29, 0.717) is 167 Å². The zero-order chi connectivity index (χ0) is 94.9. The first kappa shape index (κ1) is 97.5. The molecule has 10 heterocycles. The van der Waals surface area contributed by atoms with Gasteiger partial charge in [0.25, 0.3) is 23.6 Å². The Labute approximate surface area is 764 Å². The van der Waals surface area contributed by atoms with Crippen molar-refractivity contribution in [2.75, 3.05) is 126 Å². The number of amides is 4. The molecule has 0 saturated heterocycles. The normalized spacial score (nSPS) is 11.1. The lowest BCUT2D eigenvalue weighted by Gasteiger charge is -2.21. The molecule has 0 aliphatic rings. The number of likely N-dealkylation sites (N-methyl/N-ethyl adjacent to an activating group) is 2. The SMILES string of the molecule is CCNC(=O)c1ccc(Nc2nc3ccc(C)cn3n2)c(OCC)c1.CCOc1cc(C(=O)N(C)CCO)ccc1Nc1nc2ccc(C)cn2n1.CCOc1cc(C(=O)N(CC)CCOC)ccc1Nc1nc2ccc(C)cn2n1.CCOc1cc(C(=O)NCC(C)(C)O)ccc1Nc1nc2ccc(C)cn2n1.COc1cc(S(C)(=O)=O)ccc1Nc1nc2ccc(C)cn2n1. The highest BCUT2D eigenvalue weighted by molar-refractivity contribution is 7.90. The van der Waals surface area contributed by atoms with Gasteiger partial charge in [-0.1, -0.05) is 30.3 Å². The third-order valence-corrected chi connectivity index (χ3v) is 20.5. The minimum atomic E-state index is -3.29. The van der Waals surface area contributed by atoms with Gasteiger partial charge in [0.1, 0.15) is 28.7 Å². The van der Waals surface area contributed by atoms with Gasteiger partial charge in [-0.25, -0.2) is 31.0 Å². The smallest absolute Gasteiger partial charge is 0.254 e. The van der Waals surface area contributed by atoms with Crippen LogP contribution in [0, 0.1) is 34.6 Å². The summed E-state index contributed by atoms with van der Waals surface area (Å²) in [6.45, 7) is 29.0. The van der Waals surface area contributed by atoms with E-state index in [1.165, 1.54) is 24.1 Å². The molecule has 10 aromatic heterocycles. The summed E-state index contributed by atoms with van der Waals surface area (Å²) >= 11 is 0. The van der Waals surface area contributed by atoms with E-state index < -0.39 is 15.4 Å². The van der Waals surface area contributed by atoms with Gasteiger partial charge in [-0.05, 0) is 233 Å². The van der Waals surface area contributed by atoms with Crippen molar-refractivity contribution in [1.29, 1.82) is 0 Å². The molecule has 15 aromatic rings. The lowest BCUT2D eigenvalue weighted by atomic mass is 10.1. The van der Waals surface area contributed by atoms with Crippen molar-refractivity contribution in [2.45, 2.75) is 101 Å². The standard InChI is InChI=1S/C21H27N5O3.C20H25N5O3.C19H23N5O3.C18H21N5O2.C15H16N4O3S/c1-5-25(11-12-28-4)20(27)16-8-9-17(18(13-16)29-6-2)22-21-23-19-10-7-15(3)14-26(19)24-21;1-5-28-16-10-14(18(26)21-12-20(3,4)27)7-8-15(16)22-19-23-17-9-6-13(2)11-25(17)24-19;1-4-27-16-11-14(18(26)23(3)9-10-25)6-7-15(16)20-19-21-17-8-5-13(2)12-24(17)22-19;1-4-19-17(24)13-7-8-14(15(10-13)25-5-2)20-18-21-16-9-6-12(3)11-23(16)22-18;1-10-4-7-14-17-15(18-19(14)9-10)16-12-6-5-11(23(3,20)21)8-13(12)22-2/h7-10,13-14H,5-6,11-12H2,1-4H3,(H,22,24);6-11,27H,5,12H2,1-4H3,(H,21,26)(H,22,24);5-8,11-12,25H,4,9-10H2,1-3H3,(H,20,22);6-11H,4-5H2,1-3H3,(H,19,24)(H,20,22);4-9H,1-3H3,(H,16,18). The van der Waals surface area contributed by atoms with Gasteiger partial charge >= 0.3 is 0 Å². The minimum Gasteiger partial charge on any atom is -0.495 e. The predicted molar refractivity (Wildman–Crippen MR) is 506 cm³/mol. The van der Waals surface area contributed by atoms with Crippen LogP contribution in [-0.2, 0) is 14.6 Å². The molecule has 39 heteroatoms. The molecule has 0 radical (unpaired) electrons. The maximum Gasteiger partial charge on any atom is 0.254 e. The lowest BCUT2D eigenvalue weighted by Crippen LogP contribution is -2.38. The zero-order valence-corrected chi connectivity index (χ0v) is 77.7. The van der Waals surface area contributed by atoms with E-state index >= 15 is 0 Å². The van der Waals surface area contributed by atoms with Gasteiger partial charge in [0.2, 0.25) is 29.7 Å². The molecular formula is C93H112N24O14S. The maximum absolute atomic E-state index is 12.8. The van der Waals surface area contributed by atoms with Crippen LogP contribution in [-0.4, -0.2) is 231 Å². The number of nitrogens with zero attached hydrogens (tertiary/aromatic N) is 17. The number of aromatic nitrogens is 15. The number of nitrogens with one attached hydrogen (secondary N) is 7. The van der Waals surface area contributed by atoms with Gasteiger partial charge in [-0.2, -0.15) is 24.9 Å². The molecular weight excluding hydrogens is 1710 g/mol. The lowest BCUT2D eigenvalue weighted by molar-refractivity contribution is 0.0694. The average molecular weight is 1820 g/mol. The van der Waals surface area contributed by atoms with Gasteiger partial charge in [0, 0.05) is 112 Å². The van der Waals surface area contributed by atoms with Gasteiger partial charge in [-0.3, -0.25) is 19.2 Å². The number of carbonyl (C=O) groups excluding carboxylic acids is 4. The molecule has 38 nitrogen and oxygen atoms in total. The Morgan fingerprint density at radius 2 is 0.727 bits per heavy atom. The Hall–Kier alpha value is -15.1. The van der Waals surface area contributed by atoms with E-state index in [-0.39, 0.29) is 48.2 Å².